The number of nitrogen functional groups attached to an aromatic ring is 1. The van der Waals surface area contributed by atoms with Crippen LogP contribution < -0.4 is 15.8 Å². The lowest BCUT2D eigenvalue weighted by Gasteiger charge is -2.22. The smallest absolute Gasteiger partial charge is 0.292 e. The van der Waals surface area contributed by atoms with Crippen LogP contribution in [0.5, 0.6) is 5.19 Å². The first-order chi connectivity index (χ1) is 13.6. The zero-order valence-electron chi connectivity index (χ0n) is 15.0. The standard InChI is InChI=1S/C19H19ClN4O3S/c20-14-2-1-11(7-12(14)8-16(25)15-10-26-18(21)24-15)17-9-23-19(28-17)27-13-3-5-22-6-4-13/h1-2,7,9-10,13,22H,3-6,8H2,(H2,21,24). The van der Waals surface area contributed by atoms with Gasteiger partial charge in [0, 0.05) is 17.6 Å². The lowest BCUT2D eigenvalue weighted by molar-refractivity contribution is 0.0988. The third kappa shape index (κ3) is 4.35. The highest BCUT2D eigenvalue weighted by Gasteiger charge is 2.18. The number of nitrogens with zero attached hydrogens (tertiary/aromatic N) is 2. The molecule has 1 aliphatic rings. The highest BCUT2D eigenvalue weighted by atomic mass is 35.5. The van der Waals surface area contributed by atoms with Crippen LogP contribution >= 0.6 is 22.9 Å². The highest BCUT2D eigenvalue weighted by Crippen LogP contribution is 2.33. The second-order valence-electron chi connectivity index (χ2n) is 6.53. The van der Waals surface area contributed by atoms with Crippen LogP contribution in [0.25, 0.3) is 10.4 Å². The van der Waals surface area contributed by atoms with E-state index in [0.29, 0.717) is 15.8 Å². The number of oxazole rings is 1. The lowest BCUT2D eigenvalue weighted by Crippen LogP contribution is -2.34. The van der Waals surface area contributed by atoms with E-state index in [2.05, 4.69) is 15.3 Å². The summed E-state index contributed by atoms with van der Waals surface area (Å²) in [7, 11) is 0. The molecular weight excluding hydrogens is 400 g/mol. The molecule has 146 valence electrons. The Morgan fingerprint density at radius 3 is 2.96 bits per heavy atom. The van der Waals surface area contributed by atoms with Crippen molar-refractivity contribution in [3.05, 3.63) is 46.9 Å². The normalized spacial score (nSPS) is 14.9. The molecule has 0 saturated carbocycles. The van der Waals surface area contributed by atoms with Crippen LogP contribution in [0, 0.1) is 0 Å². The molecule has 9 heteroatoms. The Labute approximate surface area is 170 Å². The van der Waals surface area contributed by atoms with Crippen LogP contribution in [0.1, 0.15) is 28.9 Å². The summed E-state index contributed by atoms with van der Waals surface area (Å²) in [6.07, 6.45) is 5.31. The van der Waals surface area contributed by atoms with Crippen molar-refractivity contribution in [2.75, 3.05) is 18.8 Å². The van der Waals surface area contributed by atoms with Gasteiger partial charge in [-0.3, -0.25) is 4.79 Å². The molecule has 1 fully saturated rings. The summed E-state index contributed by atoms with van der Waals surface area (Å²) in [5.41, 5.74) is 7.26. The van der Waals surface area contributed by atoms with Crippen LogP contribution in [0.4, 0.5) is 6.01 Å². The fourth-order valence-electron chi connectivity index (χ4n) is 3.04. The van der Waals surface area contributed by atoms with Gasteiger partial charge < -0.3 is 20.2 Å². The topological polar surface area (TPSA) is 103 Å². The number of aromatic nitrogens is 2. The van der Waals surface area contributed by atoms with E-state index in [-0.39, 0.29) is 30.0 Å². The van der Waals surface area contributed by atoms with Gasteiger partial charge >= 0.3 is 0 Å². The number of nitrogens with two attached hydrogens (primary N) is 1. The Morgan fingerprint density at radius 1 is 1.39 bits per heavy atom. The zero-order chi connectivity index (χ0) is 19.5. The number of benzene rings is 1. The molecule has 0 amide bonds. The maximum absolute atomic E-state index is 12.4. The third-order valence-electron chi connectivity index (χ3n) is 4.53. The first kappa shape index (κ1) is 18.9. The molecule has 0 radical (unpaired) electrons. The summed E-state index contributed by atoms with van der Waals surface area (Å²) >= 11 is 7.78. The van der Waals surface area contributed by atoms with Gasteiger partial charge in [0.05, 0.1) is 4.88 Å². The van der Waals surface area contributed by atoms with Gasteiger partial charge in [-0.1, -0.05) is 29.0 Å². The van der Waals surface area contributed by atoms with Gasteiger partial charge in [-0.05, 0) is 49.2 Å². The highest BCUT2D eigenvalue weighted by molar-refractivity contribution is 7.16. The number of carbonyl (C=O) groups is 1. The number of hydrogen-bond donors (Lipinski definition) is 2. The van der Waals surface area contributed by atoms with Gasteiger partial charge in [-0.2, -0.15) is 4.98 Å². The van der Waals surface area contributed by atoms with E-state index in [4.69, 9.17) is 26.5 Å². The van der Waals surface area contributed by atoms with E-state index in [9.17, 15) is 4.79 Å². The van der Waals surface area contributed by atoms with Gasteiger partial charge in [0.2, 0.25) is 0 Å². The summed E-state index contributed by atoms with van der Waals surface area (Å²) in [5, 5.41) is 4.50. The van der Waals surface area contributed by atoms with Gasteiger partial charge in [0.25, 0.3) is 11.2 Å². The van der Waals surface area contributed by atoms with Crippen LogP contribution in [0.2, 0.25) is 5.02 Å². The number of carbonyl (C=O) groups excluding carboxylic acids is 1. The van der Waals surface area contributed by atoms with Gasteiger partial charge in [0.15, 0.2) is 5.78 Å². The number of nitrogens with one attached hydrogen (secondary N) is 1. The number of hydrogen-bond acceptors (Lipinski definition) is 8. The van der Waals surface area contributed by atoms with E-state index in [1.54, 1.807) is 12.3 Å². The Morgan fingerprint density at radius 2 is 2.21 bits per heavy atom. The molecule has 0 bridgehead atoms. The number of anilines is 1. The summed E-state index contributed by atoms with van der Waals surface area (Å²) in [4.78, 5) is 21.6. The monoisotopic (exact) mass is 418 g/mol. The van der Waals surface area contributed by atoms with Crippen molar-refractivity contribution < 1.29 is 13.9 Å². The number of thiazole rings is 1. The van der Waals surface area contributed by atoms with Gasteiger partial charge in [-0.25, -0.2) is 4.98 Å². The zero-order valence-corrected chi connectivity index (χ0v) is 16.6. The van der Waals surface area contributed by atoms with Crippen molar-refractivity contribution in [1.29, 1.82) is 0 Å². The summed E-state index contributed by atoms with van der Waals surface area (Å²) in [5.74, 6) is -0.210. The fraction of sp³-hybridized carbons (Fsp3) is 0.316. The molecule has 0 spiro atoms. The fourth-order valence-corrected chi connectivity index (χ4v) is 4.06. The molecule has 2 aromatic heterocycles. The molecule has 0 aliphatic carbocycles. The van der Waals surface area contributed by atoms with Crippen LogP contribution in [-0.4, -0.2) is 34.9 Å². The predicted molar refractivity (Wildman–Crippen MR) is 108 cm³/mol. The lowest BCUT2D eigenvalue weighted by atomic mass is 10.0. The predicted octanol–water partition coefficient (Wildman–Crippen LogP) is 3.59. The van der Waals surface area contributed by atoms with Crippen molar-refractivity contribution in [2.24, 2.45) is 0 Å². The number of rotatable bonds is 6. The molecule has 1 aromatic carbocycles. The van der Waals surface area contributed by atoms with Crippen molar-refractivity contribution in [1.82, 2.24) is 15.3 Å². The Balaban J connectivity index is 1.49. The van der Waals surface area contributed by atoms with Crippen molar-refractivity contribution >= 4 is 34.7 Å². The third-order valence-corrected chi connectivity index (χ3v) is 5.83. The van der Waals surface area contributed by atoms with Crippen molar-refractivity contribution in [3.8, 4) is 15.6 Å². The van der Waals surface area contributed by atoms with E-state index >= 15 is 0 Å². The quantitative estimate of drug-likeness (QED) is 0.589. The minimum Gasteiger partial charge on any atom is -0.467 e. The molecule has 3 aromatic rings. The Bertz CT molecular complexity index is 981. The van der Waals surface area contributed by atoms with Crippen LogP contribution in [0.15, 0.2) is 35.1 Å². The van der Waals surface area contributed by atoms with Crippen molar-refractivity contribution in [2.45, 2.75) is 25.4 Å². The SMILES string of the molecule is Nc1nc(C(=O)Cc2cc(-c3cnc(OC4CCNCC4)s3)ccc2Cl)co1. The minimum atomic E-state index is -0.210. The first-order valence-corrected chi connectivity index (χ1v) is 10.1. The van der Waals surface area contributed by atoms with E-state index in [0.717, 1.165) is 36.4 Å². The Kier molecular flexibility index (Phi) is 5.61. The molecule has 1 saturated heterocycles. The van der Waals surface area contributed by atoms with E-state index in [1.807, 2.05) is 12.1 Å². The molecule has 1 aliphatic heterocycles. The Hall–Kier alpha value is -2.42. The average molecular weight is 419 g/mol. The average Bonchev–Trinajstić information content (AvgIpc) is 3.33. The largest absolute Gasteiger partial charge is 0.467 e. The van der Waals surface area contributed by atoms with Gasteiger partial charge in [0.1, 0.15) is 18.1 Å². The van der Waals surface area contributed by atoms with Crippen LogP contribution in [0.3, 0.4) is 0 Å². The van der Waals surface area contributed by atoms with Crippen molar-refractivity contribution in [3.63, 3.8) is 0 Å². The maximum Gasteiger partial charge on any atom is 0.292 e. The number of Topliss-reactive ketones (excluding diaryl/α,β-unsaturated/α-hetero) is 1. The maximum atomic E-state index is 12.4. The van der Waals surface area contributed by atoms with Crippen LogP contribution in [-0.2, 0) is 6.42 Å². The second kappa shape index (κ2) is 8.30. The summed E-state index contributed by atoms with van der Waals surface area (Å²) in [6, 6.07) is 5.55. The van der Waals surface area contributed by atoms with E-state index in [1.165, 1.54) is 17.6 Å². The molecule has 0 unspecified atom stereocenters. The van der Waals surface area contributed by atoms with Gasteiger partial charge in [-0.15, -0.1) is 0 Å². The molecule has 3 N–H and O–H groups in total. The number of piperidine rings is 1. The summed E-state index contributed by atoms with van der Waals surface area (Å²) in [6.45, 7) is 1.93. The minimum absolute atomic E-state index is 0.0332. The van der Waals surface area contributed by atoms with E-state index < -0.39 is 0 Å². The molecule has 28 heavy (non-hydrogen) atoms. The first-order valence-electron chi connectivity index (χ1n) is 8.94. The summed E-state index contributed by atoms with van der Waals surface area (Å²) < 4.78 is 10.9. The molecule has 4 rings (SSSR count). The number of halogens is 1. The second-order valence-corrected chi connectivity index (χ2v) is 7.94. The molecular formula is C19H19ClN4O3S. The molecule has 0 atom stereocenters. The molecule has 7 nitrogen and oxygen atoms in total. The number of ether oxygens (including phenoxy) is 1. The molecule has 3 heterocycles. The number of ketones is 1.